The zero-order chi connectivity index (χ0) is 16.0. The first-order chi connectivity index (χ1) is 9.77. The van der Waals surface area contributed by atoms with Crippen LogP contribution in [0.4, 0.5) is 4.39 Å². The van der Waals surface area contributed by atoms with Crippen LogP contribution < -0.4 is 10.0 Å². The van der Waals surface area contributed by atoms with E-state index in [0.29, 0.717) is 12.6 Å². The van der Waals surface area contributed by atoms with Crippen molar-refractivity contribution in [2.24, 2.45) is 0 Å². The topological polar surface area (TPSA) is 113 Å². The molecule has 0 bridgehead atoms. The number of carboxylic acid groups (broad SMARTS) is 1. The lowest BCUT2D eigenvalue weighted by Crippen LogP contribution is -2.31. The summed E-state index contributed by atoms with van der Waals surface area (Å²) in [4.78, 5) is 21.1. The van der Waals surface area contributed by atoms with Crippen LogP contribution in [0.2, 0.25) is 0 Å². The normalized spacial score (nSPS) is 11.1. The molecule has 1 aromatic carbocycles. The molecule has 0 saturated heterocycles. The smallest absolute Gasteiger partial charge is 0.335 e. The Balaban J connectivity index is 2.79. The van der Waals surface area contributed by atoms with Gasteiger partial charge in [-0.25, -0.2) is 22.3 Å². The molecule has 3 N–H and O–H groups in total. The highest BCUT2D eigenvalue weighted by molar-refractivity contribution is 7.89. The van der Waals surface area contributed by atoms with Crippen molar-refractivity contribution in [2.75, 3.05) is 13.1 Å². The van der Waals surface area contributed by atoms with Crippen molar-refractivity contribution in [1.82, 2.24) is 10.0 Å². The fourth-order valence-electron chi connectivity index (χ4n) is 1.51. The van der Waals surface area contributed by atoms with Crippen molar-refractivity contribution in [2.45, 2.75) is 18.2 Å². The van der Waals surface area contributed by atoms with Crippen molar-refractivity contribution in [3.8, 4) is 0 Å². The number of hydrogen-bond donors (Lipinski definition) is 3. The Morgan fingerprint density at radius 2 is 2.00 bits per heavy atom. The Kier molecular flexibility index (Phi) is 5.79. The van der Waals surface area contributed by atoms with Crippen LogP contribution >= 0.6 is 0 Å². The lowest BCUT2D eigenvalue weighted by atomic mass is 10.2. The van der Waals surface area contributed by atoms with Crippen LogP contribution in [0.1, 0.15) is 23.7 Å². The van der Waals surface area contributed by atoms with Crippen molar-refractivity contribution < 1.29 is 27.5 Å². The van der Waals surface area contributed by atoms with Gasteiger partial charge in [-0.1, -0.05) is 0 Å². The lowest BCUT2D eigenvalue weighted by Gasteiger charge is -2.08. The van der Waals surface area contributed by atoms with E-state index in [1.54, 1.807) is 6.92 Å². The van der Waals surface area contributed by atoms with Gasteiger partial charge < -0.3 is 10.4 Å². The fourth-order valence-corrected chi connectivity index (χ4v) is 2.60. The number of benzene rings is 1. The summed E-state index contributed by atoms with van der Waals surface area (Å²) in [6.07, 6.45) is -0.0814. The first kappa shape index (κ1) is 17.1. The van der Waals surface area contributed by atoms with Gasteiger partial charge in [-0.2, -0.15) is 0 Å². The molecule has 0 saturated carbocycles. The van der Waals surface area contributed by atoms with Gasteiger partial charge in [0, 0.05) is 19.5 Å². The summed E-state index contributed by atoms with van der Waals surface area (Å²) in [7, 11) is -4.14. The molecule has 9 heteroatoms. The summed E-state index contributed by atoms with van der Waals surface area (Å²) in [6.45, 7) is 1.96. The van der Waals surface area contributed by atoms with E-state index in [4.69, 9.17) is 5.11 Å². The highest BCUT2D eigenvalue weighted by atomic mass is 32.2. The van der Waals surface area contributed by atoms with Gasteiger partial charge in [0.05, 0.1) is 5.56 Å². The number of amides is 1. The summed E-state index contributed by atoms with van der Waals surface area (Å²) >= 11 is 0. The minimum Gasteiger partial charge on any atom is -0.478 e. The molecular weight excluding hydrogens is 303 g/mol. The molecule has 0 spiro atoms. The molecular formula is C12H15FN2O5S. The van der Waals surface area contributed by atoms with Crippen LogP contribution in [0.15, 0.2) is 23.1 Å². The van der Waals surface area contributed by atoms with Crippen LogP contribution in [0.25, 0.3) is 0 Å². The maximum absolute atomic E-state index is 13.7. The summed E-state index contributed by atoms with van der Waals surface area (Å²) in [5.74, 6) is -2.86. The lowest BCUT2D eigenvalue weighted by molar-refractivity contribution is -0.120. The van der Waals surface area contributed by atoms with Gasteiger partial charge in [0.15, 0.2) is 0 Å². The number of halogens is 1. The number of rotatable bonds is 7. The van der Waals surface area contributed by atoms with Gasteiger partial charge in [0.2, 0.25) is 15.9 Å². The van der Waals surface area contributed by atoms with E-state index >= 15 is 0 Å². The van der Waals surface area contributed by atoms with Crippen LogP contribution in [-0.2, 0) is 14.8 Å². The molecule has 1 rings (SSSR count). The van der Waals surface area contributed by atoms with E-state index in [9.17, 15) is 22.4 Å². The molecule has 1 aromatic rings. The van der Waals surface area contributed by atoms with Gasteiger partial charge in [0.1, 0.15) is 10.7 Å². The molecule has 21 heavy (non-hydrogen) atoms. The van der Waals surface area contributed by atoms with Crippen molar-refractivity contribution in [3.63, 3.8) is 0 Å². The molecule has 1 amide bonds. The summed E-state index contributed by atoms with van der Waals surface area (Å²) in [5, 5.41) is 11.2. The number of carbonyl (C=O) groups excluding carboxylic acids is 1. The number of carbonyl (C=O) groups is 2. The molecule has 0 atom stereocenters. The quantitative estimate of drug-likeness (QED) is 0.670. The third-order valence-electron chi connectivity index (χ3n) is 2.49. The van der Waals surface area contributed by atoms with Gasteiger partial charge in [0.25, 0.3) is 0 Å². The van der Waals surface area contributed by atoms with E-state index in [-0.39, 0.29) is 24.4 Å². The average Bonchev–Trinajstić information content (AvgIpc) is 2.38. The van der Waals surface area contributed by atoms with E-state index < -0.39 is 26.7 Å². The summed E-state index contributed by atoms with van der Waals surface area (Å²) < 4.78 is 39.4. The zero-order valence-electron chi connectivity index (χ0n) is 11.2. The van der Waals surface area contributed by atoms with Crippen LogP contribution in [0.5, 0.6) is 0 Å². The largest absolute Gasteiger partial charge is 0.478 e. The van der Waals surface area contributed by atoms with Crippen molar-refractivity contribution >= 4 is 21.9 Å². The number of nitrogens with one attached hydrogen (secondary N) is 2. The number of aromatic carboxylic acids is 1. The second kappa shape index (κ2) is 7.14. The molecule has 0 heterocycles. The highest BCUT2D eigenvalue weighted by Gasteiger charge is 2.20. The third kappa shape index (κ3) is 4.80. The SMILES string of the molecule is CCNC(=O)CCNS(=O)(=O)c1ccc(C(=O)O)cc1F. The van der Waals surface area contributed by atoms with Gasteiger partial charge >= 0.3 is 5.97 Å². The Labute approximate surface area is 121 Å². The first-order valence-corrected chi connectivity index (χ1v) is 7.55. The Morgan fingerprint density at radius 1 is 1.33 bits per heavy atom. The molecule has 0 aliphatic heterocycles. The molecule has 0 fully saturated rings. The van der Waals surface area contributed by atoms with E-state index in [0.717, 1.165) is 12.1 Å². The standard InChI is InChI=1S/C12H15FN2O5S/c1-2-14-11(16)5-6-15-21(19,20)10-4-3-8(12(17)18)7-9(10)13/h3-4,7,15H,2,5-6H2,1H3,(H,14,16)(H,17,18). The average molecular weight is 318 g/mol. The second-order valence-electron chi connectivity index (χ2n) is 4.05. The molecule has 0 radical (unpaired) electrons. The molecule has 7 nitrogen and oxygen atoms in total. The highest BCUT2D eigenvalue weighted by Crippen LogP contribution is 2.16. The van der Waals surface area contributed by atoms with Crippen LogP contribution in [0.3, 0.4) is 0 Å². The Bertz CT molecular complexity index is 645. The van der Waals surface area contributed by atoms with E-state index in [2.05, 4.69) is 10.0 Å². The van der Waals surface area contributed by atoms with Gasteiger partial charge in [-0.05, 0) is 25.1 Å². The molecule has 0 aliphatic rings. The Morgan fingerprint density at radius 3 is 2.52 bits per heavy atom. The third-order valence-corrected chi connectivity index (χ3v) is 3.98. The maximum Gasteiger partial charge on any atom is 0.335 e. The second-order valence-corrected chi connectivity index (χ2v) is 5.79. The van der Waals surface area contributed by atoms with Gasteiger partial charge in [-0.3, -0.25) is 4.79 Å². The number of hydrogen-bond acceptors (Lipinski definition) is 4. The predicted octanol–water partition coefficient (Wildman–Crippen LogP) is 0.328. The maximum atomic E-state index is 13.7. The molecule has 0 unspecified atom stereocenters. The molecule has 116 valence electrons. The Hall–Kier alpha value is -2.00. The van der Waals surface area contributed by atoms with Crippen molar-refractivity contribution in [3.05, 3.63) is 29.6 Å². The minimum atomic E-state index is -4.14. The molecule has 0 aliphatic carbocycles. The first-order valence-electron chi connectivity index (χ1n) is 6.07. The number of carboxylic acids is 1. The monoisotopic (exact) mass is 318 g/mol. The van der Waals surface area contributed by atoms with Gasteiger partial charge in [-0.15, -0.1) is 0 Å². The van der Waals surface area contributed by atoms with Crippen LogP contribution in [-0.4, -0.2) is 38.5 Å². The fraction of sp³-hybridized carbons (Fsp3) is 0.333. The summed E-state index contributed by atoms with van der Waals surface area (Å²) in [5.41, 5.74) is -0.353. The summed E-state index contributed by atoms with van der Waals surface area (Å²) in [6, 6.07) is 2.48. The van der Waals surface area contributed by atoms with Crippen LogP contribution in [0, 0.1) is 5.82 Å². The zero-order valence-corrected chi connectivity index (χ0v) is 12.0. The predicted molar refractivity (Wildman–Crippen MR) is 71.8 cm³/mol. The number of sulfonamides is 1. The van der Waals surface area contributed by atoms with Crippen molar-refractivity contribution in [1.29, 1.82) is 0 Å². The van der Waals surface area contributed by atoms with E-state index in [1.807, 2.05) is 0 Å². The minimum absolute atomic E-state index is 0.0814. The van der Waals surface area contributed by atoms with E-state index in [1.165, 1.54) is 0 Å². The molecule has 0 aromatic heterocycles.